The van der Waals surface area contributed by atoms with Crippen LogP contribution in [0.4, 0.5) is 14.5 Å². The average molecular weight is 556 g/mol. The molecule has 12 heteroatoms. The van der Waals surface area contributed by atoms with Gasteiger partial charge in [-0.25, -0.2) is 8.78 Å². The van der Waals surface area contributed by atoms with E-state index in [9.17, 15) is 9.59 Å². The van der Waals surface area contributed by atoms with Crippen LogP contribution in [0.1, 0.15) is 36.6 Å². The fourth-order valence-electron chi connectivity index (χ4n) is 5.26. The first-order valence-electron chi connectivity index (χ1n) is 13.0. The molecule has 10 nitrogen and oxygen atoms in total. The van der Waals surface area contributed by atoms with E-state index in [4.69, 9.17) is 19.6 Å². The van der Waals surface area contributed by atoms with E-state index >= 15 is 8.78 Å². The third kappa shape index (κ3) is 4.76. The Kier molecular flexibility index (Phi) is 7.45. The Labute approximate surface area is 230 Å². The summed E-state index contributed by atoms with van der Waals surface area (Å²) >= 11 is 0. The predicted octanol–water partition coefficient (Wildman–Crippen LogP) is 2.78. The molecule has 1 spiro atoms. The maximum Gasteiger partial charge on any atom is 0.242 e. The number of carbonyl (C=O) groups excluding carboxylic acids is 2. The standard InChI is InChI=1S/C28H31F2N5O5/c1-16(31)18(13-32-14-23(36)34-6-8-40-9-7-34)20-10-19-17(12-33-20)15-35(27(37)28(19)4-5-28)26-24(29)21(38-2)11-22(39-3)25(26)30/h10-13,31-32H,4-9,14-15H2,1-3H3/b18-13+,31-16?. The first kappa shape index (κ1) is 27.5. The minimum atomic E-state index is -0.986. The Hall–Kier alpha value is -4.06. The van der Waals surface area contributed by atoms with E-state index in [1.54, 1.807) is 30.3 Å². The number of pyridine rings is 1. The molecule has 1 saturated carbocycles. The lowest BCUT2D eigenvalue weighted by atomic mass is 9.85. The summed E-state index contributed by atoms with van der Waals surface area (Å²) in [4.78, 5) is 33.6. The number of methoxy groups -OCH3 is 2. The summed E-state index contributed by atoms with van der Waals surface area (Å²) in [5.74, 6) is -2.93. The zero-order valence-corrected chi connectivity index (χ0v) is 22.6. The summed E-state index contributed by atoms with van der Waals surface area (Å²) in [6.45, 7) is 3.66. The predicted molar refractivity (Wildman–Crippen MR) is 143 cm³/mol. The third-order valence-electron chi connectivity index (χ3n) is 7.60. The lowest BCUT2D eigenvalue weighted by Gasteiger charge is -2.35. The van der Waals surface area contributed by atoms with E-state index in [0.29, 0.717) is 56.0 Å². The summed E-state index contributed by atoms with van der Waals surface area (Å²) in [6, 6.07) is 2.87. The van der Waals surface area contributed by atoms with Gasteiger partial charge < -0.3 is 34.7 Å². The molecule has 3 heterocycles. The number of benzene rings is 1. The van der Waals surface area contributed by atoms with Crippen LogP contribution in [0.2, 0.25) is 0 Å². The van der Waals surface area contributed by atoms with Crippen molar-refractivity contribution in [2.24, 2.45) is 0 Å². The quantitative estimate of drug-likeness (QED) is 0.481. The van der Waals surface area contributed by atoms with Gasteiger partial charge in [-0.05, 0) is 37.0 Å². The maximum absolute atomic E-state index is 15.3. The van der Waals surface area contributed by atoms with E-state index in [1.165, 1.54) is 14.2 Å². The molecule has 40 heavy (non-hydrogen) atoms. The fourth-order valence-corrected chi connectivity index (χ4v) is 5.26. The molecule has 0 bridgehead atoms. The summed E-state index contributed by atoms with van der Waals surface area (Å²) in [5.41, 5.74) is 1.07. The van der Waals surface area contributed by atoms with Crippen molar-refractivity contribution in [1.82, 2.24) is 15.2 Å². The highest BCUT2D eigenvalue weighted by Crippen LogP contribution is 2.55. The number of aromatic nitrogens is 1. The molecule has 0 unspecified atom stereocenters. The molecule has 3 aliphatic rings. The van der Waals surface area contributed by atoms with Gasteiger partial charge in [0.1, 0.15) is 5.69 Å². The van der Waals surface area contributed by atoms with Crippen molar-refractivity contribution < 1.29 is 32.6 Å². The van der Waals surface area contributed by atoms with Gasteiger partial charge >= 0.3 is 0 Å². The molecule has 2 fully saturated rings. The van der Waals surface area contributed by atoms with Crippen LogP contribution in [0, 0.1) is 17.0 Å². The monoisotopic (exact) mass is 555 g/mol. The summed E-state index contributed by atoms with van der Waals surface area (Å²) in [7, 11) is 2.51. The first-order chi connectivity index (χ1) is 19.2. The summed E-state index contributed by atoms with van der Waals surface area (Å²) in [6.07, 6.45) is 4.18. The normalized spacial score (nSPS) is 17.9. The van der Waals surface area contributed by atoms with Gasteiger partial charge in [-0.1, -0.05) is 0 Å². The number of nitrogens with one attached hydrogen (secondary N) is 2. The highest BCUT2D eigenvalue weighted by atomic mass is 19.1. The lowest BCUT2D eigenvalue weighted by Crippen LogP contribution is -2.45. The number of anilines is 1. The van der Waals surface area contributed by atoms with Crippen molar-refractivity contribution in [3.63, 3.8) is 0 Å². The topological polar surface area (TPSA) is 117 Å². The first-order valence-corrected chi connectivity index (χ1v) is 13.0. The molecule has 0 radical (unpaired) electrons. The number of fused-ring (bicyclic) bond motifs is 2. The molecule has 0 atom stereocenters. The number of morpholine rings is 1. The van der Waals surface area contributed by atoms with Gasteiger partial charge in [0, 0.05) is 42.8 Å². The average Bonchev–Trinajstić information content (AvgIpc) is 3.76. The number of ether oxygens (including phenoxy) is 3. The van der Waals surface area contributed by atoms with E-state index in [2.05, 4.69) is 10.3 Å². The van der Waals surface area contributed by atoms with Crippen LogP contribution in [0.3, 0.4) is 0 Å². The van der Waals surface area contributed by atoms with Crippen LogP contribution >= 0.6 is 0 Å². The minimum absolute atomic E-state index is 0.0558. The van der Waals surface area contributed by atoms with Crippen LogP contribution in [-0.4, -0.2) is 74.5 Å². The Morgan fingerprint density at radius 1 is 1.18 bits per heavy atom. The van der Waals surface area contributed by atoms with E-state index in [1.807, 2.05) is 0 Å². The Morgan fingerprint density at radius 2 is 1.82 bits per heavy atom. The number of carbonyl (C=O) groups is 2. The molecular formula is C28H31F2N5O5. The summed E-state index contributed by atoms with van der Waals surface area (Å²) < 4.78 is 46.0. The second kappa shape index (κ2) is 10.8. The van der Waals surface area contributed by atoms with Gasteiger partial charge in [-0.3, -0.25) is 14.6 Å². The van der Waals surface area contributed by atoms with E-state index in [-0.39, 0.29) is 36.2 Å². The minimum Gasteiger partial charge on any atom is -0.493 e. The second-order valence-corrected chi connectivity index (χ2v) is 10.0. The van der Waals surface area contributed by atoms with Gasteiger partial charge in [0.2, 0.25) is 11.8 Å². The van der Waals surface area contributed by atoms with E-state index in [0.717, 1.165) is 16.5 Å². The molecule has 212 valence electrons. The highest BCUT2D eigenvalue weighted by Gasteiger charge is 2.57. The number of halogens is 2. The van der Waals surface area contributed by atoms with Gasteiger partial charge in [0.05, 0.1) is 51.6 Å². The third-order valence-corrected chi connectivity index (χ3v) is 7.60. The van der Waals surface area contributed by atoms with Crippen LogP contribution in [0.15, 0.2) is 24.5 Å². The van der Waals surface area contributed by atoms with E-state index < -0.39 is 28.6 Å². The molecule has 1 aromatic carbocycles. The fraction of sp³-hybridized carbons (Fsp3) is 0.429. The molecule has 1 aliphatic carbocycles. The molecule has 2 aliphatic heterocycles. The zero-order chi connectivity index (χ0) is 28.6. The largest absolute Gasteiger partial charge is 0.493 e. The van der Waals surface area contributed by atoms with Crippen molar-refractivity contribution in [3.05, 3.63) is 53.0 Å². The van der Waals surface area contributed by atoms with Gasteiger partial charge in [-0.2, -0.15) is 0 Å². The molecule has 1 saturated heterocycles. The number of nitrogens with zero attached hydrogens (tertiary/aromatic N) is 3. The van der Waals surface area contributed by atoms with Crippen LogP contribution in [-0.2, 0) is 26.3 Å². The number of amides is 2. The molecule has 2 aromatic rings. The summed E-state index contributed by atoms with van der Waals surface area (Å²) in [5, 5.41) is 11.3. The van der Waals surface area contributed by atoms with Crippen molar-refractivity contribution in [3.8, 4) is 11.5 Å². The van der Waals surface area contributed by atoms with Crippen LogP contribution in [0.25, 0.3) is 5.57 Å². The molecule has 2 amide bonds. The Morgan fingerprint density at radius 3 is 2.40 bits per heavy atom. The Balaban J connectivity index is 1.45. The smallest absolute Gasteiger partial charge is 0.242 e. The maximum atomic E-state index is 15.3. The zero-order valence-electron chi connectivity index (χ0n) is 22.6. The highest BCUT2D eigenvalue weighted by molar-refractivity contribution is 6.20. The van der Waals surface area contributed by atoms with Crippen molar-refractivity contribution in [2.45, 2.75) is 31.7 Å². The Bertz CT molecular complexity index is 1370. The van der Waals surface area contributed by atoms with Gasteiger partial charge in [0.25, 0.3) is 0 Å². The number of rotatable bonds is 8. The van der Waals surface area contributed by atoms with Gasteiger partial charge in [-0.15, -0.1) is 0 Å². The van der Waals surface area contributed by atoms with Crippen molar-refractivity contribution in [2.75, 3.05) is 52.0 Å². The second-order valence-electron chi connectivity index (χ2n) is 10.0. The van der Waals surface area contributed by atoms with Crippen LogP contribution < -0.4 is 19.7 Å². The molecule has 5 rings (SSSR count). The van der Waals surface area contributed by atoms with Gasteiger partial charge in [0.15, 0.2) is 23.1 Å². The lowest BCUT2D eigenvalue weighted by molar-refractivity contribution is -0.134. The molecular weight excluding hydrogens is 524 g/mol. The van der Waals surface area contributed by atoms with Crippen LogP contribution in [0.5, 0.6) is 11.5 Å². The number of allylic oxidation sites excluding steroid dienone is 1. The molecule has 2 N–H and O–H groups in total. The van der Waals surface area contributed by atoms with Crippen molar-refractivity contribution in [1.29, 1.82) is 5.41 Å². The molecule has 1 aromatic heterocycles. The number of hydrogen-bond acceptors (Lipinski definition) is 8. The van der Waals surface area contributed by atoms with Crippen molar-refractivity contribution >= 4 is 28.8 Å². The number of hydrogen-bond donors (Lipinski definition) is 2. The SMILES string of the molecule is COc1cc(OC)c(F)c(N2Cc3cnc(/C(=C/NCC(=O)N4CCOCC4)C(C)=N)cc3C3(CC3)C2=O)c1F.